The van der Waals surface area contributed by atoms with Gasteiger partial charge < -0.3 is 6.42 Å². The van der Waals surface area contributed by atoms with Crippen molar-refractivity contribution in [3.63, 3.8) is 0 Å². The van der Waals surface area contributed by atoms with Crippen LogP contribution in [0.5, 0.6) is 0 Å². The zero-order chi connectivity index (χ0) is 34.5. The average molecular weight is 797 g/mol. The van der Waals surface area contributed by atoms with Crippen LogP contribution in [0.4, 0.5) is 0 Å². The Hall–Kier alpha value is -1.96. The van der Waals surface area contributed by atoms with Gasteiger partial charge in [0.2, 0.25) is 0 Å². The molecule has 0 saturated heterocycles. The monoisotopic (exact) mass is 794 g/mol. The summed E-state index contributed by atoms with van der Waals surface area (Å²) in [6, 6.07) is 21.7. The molecule has 2 fully saturated rings. The van der Waals surface area contributed by atoms with Gasteiger partial charge in [0.05, 0.1) is 0 Å². The quantitative estimate of drug-likeness (QED) is 0.210. The van der Waals surface area contributed by atoms with Crippen LogP contribution in [0.2, 0.25) is 0 Å². The molecule has 0 aromatic heterocycles. The van der Waals surface area contributed by atoms with E-state index < -0.39 is 5.43 Å². The summed E-state index contributed by atoms with van der Waals surface area (Å²) < 4.78 is 0. The van der Waals surface area contributed by atoms with Crippen LogP contribution in [0.3, 0.4) is 0 Å². The minimum atomic E-state index is -0.455. The van der Waals surface area contributed by atoms with E-state index in [0.717, 1.165) is 6.42 Å². The first-order valence-corrected chi connectivity index (χ1v) is 22.8. The Morgan fingerprint density at radius 2 is 1.14 bits per heavy atom. The summed E-state index contributed by atoms with van der Waals surface area (Å²) in [6.07, 6.45) is 39.3. The van der Waals surface area contributed by atoms with E-state index >= 15 is 0 Å². The van der Waals surface area contributed by atoms with Gasteiger partial charge in [0, 0.05) is 10.8 Å². The van der Waals surface area contributed by atoms with Crippen LogP contribution in [0.15, 0.2) is 151 Å². The molecule has 6 aliphatic rings. The second-order valence-corrected chi connectivity index (χ2v) is 21.4. The van der Waals surface area contributed by atoms with E-state index in [1.807, 2.05) is 12.2 Å². The molecule has 2 saturated carbocycles. The van der Waals surface area contributed by atoms with Crippen LogP contribution >= 0.6 is 24.8 Å². The van der Waals surface area contributed by atoms with Gasteiger partial charge in [-0.05, 0) is 28.6 Å². The molecule has 0 heterocycles. The Bertz CT molecular complexity index is 1760. The molecule has 2 aromatic carbocycles. The first-order chi connectivity index (χ1) is 22.8. The summed E-state index contributed by atoms with van der Waals surface area (Å²) in [5, 5.41) is 3.03. The fraction of sp³-hybridized carbons (Fsp3) is 0.370. The van der Waals surface area contributed by atoms with Crippen molar-refractivity contribution < 1.29 is 23.3 Å². The molecule has 0 bridgehead atoms. The fourth-order valence-electron chi connectivity index (χ4n) is 11.0. The van der Waals surface area contributed by atoms with E-state index in [1.54, 1.807) is 23.3 Å². The van der Waals surface area contributed by atoms with E-state index in [1.165, 1.54) is 15.9 Å². The number of rotatable bonds is 2. The predicted octanol–water partition coefficient (Wildman–Crippen LogP) is 11.1. The number of halogens is 2. The molecule has 4 heteroatoms. The third kappa shape index (κ3) is 5.44. The number of fused-ring (bicyclic) bond motifs is 8. The maximum absolute atomic E-state index is 2.99. The number of allylic oxidation sites excluding steroid dienone is 16. The van der Waals surface area contributed by atoms with E-state index in [9.17, 15) is 0 Å². The van der Waals surface area contributed by atoms with E-state index in [0.29, 0.717) is 5.92 Å². The standard InChI is InChI=1S/C29H37.C12H10Si.C5H5.2ClH.Zr/c1-21-14-13-15-22-20-27(6)25(4)18-10-9-16-23(25,2)24(3)17-11-12-19-26(24,5)29(27,8)28(21,22)7;1-3-7-11(8-4-1)13-12-9-5-2-6-10-12;1-2-4-5-3-1;;;/h9-20,22H,1-8H3;1-10H;1-3H,4H2;2*1H;/q-1;;-1;;;+2. The van der Waals surface area contributed by atoms with Crippen LogP contribution in [-0.2, 0) is 23.3 Å². The second-order valence-electron chi connectivity index (χ2n) is 15.8. The van der Waals surface area contributed by atoms with Crippen LogP contribution < -0.4 is 10.4 Å². The molecule has 0 amide bonds. The molecule has 0 spiro atoms. The number of hydrogen-bond donors (Lipinski definition) is 0. The molecule has 0 N–H and O–H groups in total. The summed E-state index contributed by atoms with van der Waals surface area (Å²) >= 11 is 1.64. The van der Waals surface area contributed by atoms with Crippen molar-refractivity contribution >= 4 is 40.6 Å². The second kappa shape index (κ2) is 14.8. The van der Waals surface area contributed by atoms with Gasteiger partial charge in [-0.15, -0.1) is 48.6 Å². The number of hydrogen-bond acceptors (Lipinski definition) is 0. The van der Waals surface area contributed by atoms with Gasteiger partial charge in [-0.25, -0.2) is 12.2 Å². The first-order valence-electron chi connectivity index (χ1n) is 17.6. The Morgan fingerprint density at radius 1 is 0.660 bits per heavy atom. The zero-order valence-electron chi connectivity index (χ0n) is 31.0. The van der Waals surface area contributed by atoms with E-state index in [-0.39, 0.29) is 62.7 Å². The van der Waals surface area contributed by atoms with Crippen molar-refractivity contribution in [1.82, 2.24) is 0 Å². The van der Waals surface area contributed by atoms with Crippen LogP contribution in [0, 0.1) is 56.3 Å². The van der Waals surface area contributed by atoms with Gasteiger partial charge in [-0.2, -0.15) is 6.08 Å². The van der Waals surface area contributed by atoms with E-state index in [4.69, 9.17) is 0 Å². The predicted molar refractivity (Wildman–Crippen MR) is 218 cm³/mol. The third-order valence-electron chi connectivity index (χ3n) is 14.7. The molecule has 8 unspecified atom stereocenters. The Kier molecular flexibility index (Phi) is 12.1. The Morgan fingerprint density at radius 3 is 1.60 bits per heavy atom. The summed E-state index contributed by atoms with van der Waals surface area (Å²) in [6.45, 7) is 20.3. The molecule has 260 valence electrons. The van der Waals surface area contributed by atoms with Crippen molar-refractivity contribution in [1.29, 1.82) is 0 Å². The summed E-state index contributed by atoms with van der Waals surface area (Å²) in [5.74, 6) is 0.460. The summed E-state index contributed by atoms with van der Waals surface area (Å²) in [5.41, 5.74) is 1.28. The minimum absolute atomic E-state index is 0. The Labute approximate surface area is 331 Å². The molecule has 6 aliphatic carbocycles. The SMILES string of the molecule is CC1=CC=CC2[CH-]C3(C)C4(C)C=CC=CC4(C)C4(C)C=CC=CC4(C)C3(C)C12C.Cl.Cl.[C-]1=CC=CC1.[Zr+2]=[Si](c1ccccc1)c1ccccc1. The van der Waals surface area contributed by atoms with Gasteiger partial charge in [0.25, 0.3) is 0 Å². The average Bonchev–Trinajstić information content (AvgIpc) is 3.75. The van der Waals surface area contributed by atoms with Crippen molar-refractivity contribution in [2.75, 3.05) is 0 Å². The van der Waals surface area contributed by atoms with Crippen molar-refractivity contribution in [3.8, 4) is 0 Å². The topological polar surface area (TPSA) is 0 Å². The molecular formula is C46H54Cl2SiZr. The van der Waals surface area contributed by atoms with E-state index in [2.05, 4.69) is 201 Å². The van der Waals surface area contributed by atoms with Gasteiger partial charge in [-0.1, -0.05) is 115 Å². The van der Waals surface area contributed by atoms with Crippen LogP contribution in [0.25, 0.3) is 0 Å². The normalized spacial score (nSPS) is 38.8. The molecule has 0 aliphatic heterocycles. The van der Waals surface area contributed by atoms with Crippen molar-refractivity contribution in [2.24, 2.45) is 43.8 Å². The first kappa shape index (κ1) is 40.8. The Balaban J connectivity index is 0.000000223. The van der Waals surface area contributed by atoms with Gasteiger partial charge in [0.1, 0.15) is 0 Å². The van der Waals surface area contributed by atoms with Gasteiger partial charge >= 0.3 is 99.8 Å². The molecule has 50 heavy (non-hydrogen) atoms. The third-order valence-corrected chi connectivity index (χ3v) is 20.8. The maximum atomic E-state index is 2.99. The molecule has 0 radical (unpaired) electrons. The molecule has 8 atom stereocenters. The van der Waals surface area contributed by atoms with Crippen LogP contribution in [-0.4, -0.2) is 5.43 Å². The van der Waals surface area contributed by atoms with Crippen molar-refractivity contribution in [3.05, 3.63) is 164 Å². The molecule has 8 rings (SSSR count). The van der Waals surface area contributed by atoms with Gasteiger partial charge in [0.15, 0.2) is 0 Å². The van der Waals surface area contributed by atoms with Crippen molar-refractivity contribution in [2.45, 2.75) is 61.8 Å². The number of benzene rings is 2. The fourth-order valence-corrected chi connectivity index (χ4v) is 14.8. The summed E-state index contributed by atoms with van der Waals surface area (Å²) in [4.78, 5) is 0. The molecule has 2 aromatic rings. The van der Waals surface area contributed by atoms with Gasteiger partial charge in [-0.3, -0.25) is 6.08 Å². The molecular weight excluding hydrogens is 743 g/mol. The molecule has 0 nitrogen and oxygen atoms in total. The summed E-state index contributed by atoms with van der Waals surface area (Å²) in [7, 11) is 0. The zero-order valence-corrected chi connectivity index (χ0v) is 36.1. The van der Waals surface area contributed by atoms with Crippen LogP contribution in [0.1, 0.15) is 61.8 Å².